The van der Waals surface area contributed by atoms with Gasteiger partial charge < -0.3 is 9.79 Å². The Morgan fingerprint density at radius 2 is 1.89 bits per heavy atom. The second kappa shape index (κ2) is 3.16. The van der Waals surface area contributed by atoms with Crippen LogP contribution in [0.1, 0.15) is 13.8 Å². The summed E-state index contributed by atoms with van der Waals surface area (Å²) >= 11 is 0. The van der Waals surface area contributed by atoms with Crippen molar-refractivity contribution in [1.29, 1.82) is 0 Å². The minimum Gasteiger partial charge on any atom is -0.321 e. The van der Waals surface area contributed by atoms with Crippen molar-refractivity contribution in [2.45, 2.75) is 13.8 Å². The van der Waals surface area contributed by atoms with Crippen LogP contribution in [0, 0.1) is 5.92 Å². The summed E-state index contributed by atoms with van der Waals surface area (Å²) in [5, 5.41) is 0. The van der Waals surface area contributed by atoms with Gasteiger partial charge in [0.15, 0.2) is 0 Å². The summed E-state index contributed by atoms with van der Waals surface area (Å²) in [4.78, 5) is 16.6. The molecule has 0 unspecified atom stereocenters. The van der Waals surface area contributed by atoms with Gasteiger partial charge in [0.25, 0.3) is 0 Å². The fraction of sp³-hybridized carbons (Fsp3) is 0.600. The average Bonchev–Trinajstić information content (AvgIpc) is 1.59. The monoisotopic (exact) mass is 150 g/mol. The van der Waals surface area contributed by atoms with Crippen LogP contribution < -0.4 is 0 Å². The molecular formula is C5H11O3P. The normalized spacial score (nSPS) is 13.4. The first-order valence-corrected chi connectivity index (χ1v) is 4.34. The van der Waals surface area contributed by atoms with Crippen molar-refractivity contribution in [2.24, 2.45) is 5.92 Å². The first kappa shape index (κ1) is 8.89. The maximum Gasteiger partial charge on any atom is 0.348 e. The topological polar surface area (TPSA) is 57.5 Å². The van der Waals surface area contributed by atoms with Crippen LogP contribution in [0.15, 0.2) is 11.9 Å². The summed E-state index contributed by atoms with van der Waals surface area (Å²) in [7, 11) is -3.90. The molecule has 0 aliphatic carbocycles. The van der Waals surface area contributed by atoms with E-state index in [1.807, 2.05) is 13.8 Å². The Morgan fingerprint density at radius 3 is 2.00 bits per heavy atom. The molecule has 0 radical (unpaired) electrons. The Hall–Kier alpha value is -0.110. The van der Waals surface area contributed by atoms with E-state index in [9.17, 15) is 4.57 Å². The van der Waals surface area contributed by atoms with E-state index in [0.717, 1.165) is 5.82 Å². The largest absolute Gasteiger partial charge is 0.348 e. The van der Waals surface area contributed by atoms with Crippen molar-refractivity contribution in [3.63, 3.8) is 0 Å². The smallest absolute Gasteiger partial charge is 0.321 e. The quantitative estimate of drug-likeness (QED) is 0.584. The van der Waals surface area contributed by atoms with E-state index in [1.165, 1.54) is 6.08 Å². The van der Waals surface area contributed by atoms with Crippen LogP contribution in [0.3, 0.4) is 0 Å². The lowest BCUT2D eigenvalue weighted by Gasteiger charge is -1.95. The first-order chi connectivity index (χ1) is 3.92. The van der Waals surface area contributed by atoms with Crippen molar-refractivity contribution < 1.29 is 14.4 Å². The standard InChI is InChI=1S/C5H11O3P/c1-5(2)3-4-9(6,7)8/h3-5H,1-2H3,(H2,6,7,8)/b4-3+. The van der Waals surface area contributed by atoms with Gasteiger partial charge in [-0.05, 0) is 5.92 Å². The van der Waals surface area contributed by atoms with E-state index in [-0.39, 0.29) is 5.92 Å². The van der Waals surface area contributed by atoms with Crippen molar-refractivity contribution in [3.8, 4) is 0 Å². The predicted octanol–water partition coefficient (Wildman–Crippen LogP) is 1.33. The fourth-order valence-electron chi connectivity index (χ4n) is 0.284. The number of hydrogen-bond donors (Lipinski definition) is 2. The molecule has 0 aliphatic rings. The van der Waals surface area contributed by atoms with Gasteiger partial charge in [0, 0.05) is 5.82 Å². The lowest BCUT2D eigenvalue weighted by Crippen LogP contribution is -1.77. The highest BCUT2D eigenvalue weighted by atomic mass is 31.2. The molecular weight excluding hydrogens is 139 g/mol. The van der Waals surface area contributed by atoms with E-state index >= 15 is 0 Å². The molecule has 4 heteroatoms. The average molecular weight is 150 g/mol. The van der Waals surface area contributed by atoms with Crippen molar-refractivity contribution >= 4 is 7.60 Å². The van der Waals surface area contributed by atoms with Gasteiger partial charge in [0.2, 0.25) is 0 Å². The molecule has 0 amide bonds. The lowest BCUT2D eigenvalue weighted by molar-refractivity contribution is 0.386. The van der Waals surface area contributed by atoms with Crippen molar-refractivity contribution in [2.75, 3.05) is 0 Å². The highest BCUT2D eigenvalue weighted by Gasteiger charge is 2.04. The molecule has 0 fully saturated rings. The zero-order valence-electron chi connectivity index (χ0n) is 5.48. The SMILES string of the molecule is CC(C)/C=C/P(=O)(O)O. The molecule has 2 N–H and O–H groups in total. The maximum atomic E-state index is 10.1. The summed E-state index contributed by atoms with van der Waals surface area (Å²) in [6.45, 7) is 3.71. The summed E-state index contributed by atoms with van der Waals surface area (Å²) in [5.74, 6) is 1.12. The zero-order valence-corrected chi connectivity index (χ0v) is 6.38. The fourth-order valence-corrected chi connectivity index (χ4v) is 0.853. The highest BCUT2D eigenvalue weighted by molar-refractivity contribution is 7.55. The molecule has 9 heavy (non-hydrogen) atoms. The highest BCUT2D eigenvalue weighted by Crippen LogP contribution is 2.36. The second-order valence-electron chi connectivity index (χ2n) is 2.17. The third kappa shape index (κ3) is 7.89. The van der Waals surface area contributed by atoms with E-state index in [1.54, 1.807) is 0 Å². The molecule has 3 nitrogen and oxygen atoms in total. The van der Waals surface area contributed by atoms with Crippen LogP contribution in [0.5, 0.6) is 0 Å². The Labute approximate surface area is 54.6 Å². The van der Waals surface area contributed by atoms with E-state index in [2.05, 4.69) is 0 Å². The molecule has 0 aromatic carbocycles. The number of hydrogen-bond acceptors (Lipinski definition) is 1. The van der Waals surface area contributed by atoms with Crippen molar-refractivity contribution in [1.82, 2.24) is 0 Å². The van der Waals surface area contributed by atoms with Crippen LogP contribution in [0.4, 0.5) is 0 Å². The summed E-state index contributed by atoms with van der Waals surface area (Å²) in [6, 6.07) is 0. The molecule has 0 saturated heterocycles. The Balaban J connectivity index is 3.87. The molecule has 0 aromatic rings. The third-order valence-corrected chi connectivity index (χ3v) is 1.23. The van der Waals surface area contributed by atoms with Gasteiger partial charge in [-0.15, -0.1) is 0 Å². The first-order valence-electron chi connectivity index (χ1n) is 2.66. The predicted molar refractivity (Wildman–Crippen MR) is 36.0 cm³/mol. The number of allylic oxidation sites excluding steroid dienone is 1. The van der Waals surface area contributed by atoms with Gasteiger partial charge >= 0.3 is 7.60 Å². The molecule has 0 saturated carbocycles. The minimum absolute atomic E-state index is 0.192. The summed E-state index contributed by atoms with van der Waals surface area (Å²) < 4.78 is 10.1. The molecule has 0 atom stereocenters. The van der Waals surface area contributed by atoms with Gasteiger partial charge in [-0.25, -0.2) is 0 Å². The van der Waals surface area contributed by atoms with Gasteiger partial charge in [-0.1, -0.05) is 19.9 Å². The molecule has 0 spiro atoms. The van der Waals surface area contributed by atoms with Crippen LogP contribution in [0.25, 0.3) is 0 Å². The molecule has 0 aromatic heterocycles. The second-order valence-corrected chi connectivity index (χ2v) is 3.65. The molecule has 0 bridgehead atoms. The maximum absolute atomic E-state index is 10.1. The molecule has 54 valence electrons. The van der Waals surface area contributed by atoms with Gasteiger partial charge in [-0.2, -0.15) is 0 Å². The van der Waals surface area contributed by atoms with Crippen LogP contribution in [0.2, 0.25) is 0 Å². The van der Waals surface area contributed by atoms with Gasteiger partial charge in [0.1, 0.15) is 0 Å². The van der Waals surface area contributed by atoms with Gasteiger partial charge in [0.05, 0.1) is 0 Å². The van der Waals surface area contributed by atoms with Crippen LogP contribution >= 0.6 is 7.60 Å². The van der Waals surface area contributed by atoms with E-state index < -0.39 is 7.60 Å². The lowest BCUT2D eigenvalue weighted by atomic mass is 10.2. The Bertz CT molecular complexity index is 144. The van der Waals surface area contributed by atoms with E-state index in [0.29, 0.717) is 0 Å². The molecule has 0 rings (SSSR count). The molecule has 0 aliphatic heterocycles. The molecule has 0 heterocycles. The van der Waals surface area contributed by atoms with E-state index in [4.69, 9.17) is 9.79 Å². The van der Waals surface area contributed by atoms with Crippen LogP contribution in [-0.4, -0.2) is 9.79 Å². The third-order valence-electron chi connectivity index (χ3n) is 0.665. The summed E-state index contributed by atoms with van der Waals surface area (Å²) in [6.07, 6.45) is 1.49. The Kier molecular flexibility index (Phi) is 3.12. The van der Waals surface area contributed by atoms with Gasteiger partial charge in [-0.3, -0.25) is 4.57 Å². The van der Waals surface area contributed by atoms with Crippen LogP contribution in [-0.2, 0) is 4.57 Å². The summed E-state index contributed by atoms with van der Waals surface area (Å²) in [5.41, 5.74) is 0. The Morgan fingerprint density at radius 1 is 1.44 bits per heavy atom. The number of rotatable bonds is 2. The minimum atomic E-state index is -3.90. The van der Waals surface area contributed by atoms with Crippen molar-refractivity contribution in [3.05, 3.63) is 11.9 Å². The zero-order chi connectivity index (χ0) is 7.49.